The van der Waals surface area contributed by atoms with E-state index >= 15 is 0 Å². The molecule has 5 rings (SSSR count). The van der Waals surface area contributed by atoms with Gasteiger partial charge in [0.25, 0.3) is 0 Å². The summed E-state index contributed by atoms with van der Waals surface area (Å²) < 4.78 is 2.04. The summed E-state index contributed by atoms with van der Waals surface area (Å²) in [5.74, 6) is 1.71. The summed E-state index contributed by atoms with van der Waals surface area (Å²) in [6.07, 6.45) is 1.05. The van der Waals surface area contributed by atoms with E-state index in [2.05, 4.69) is 102 Å². The maximum Gasteiger partial charge on any atom is 0.163 e. The second-order valence-corrected chi connectivity index (χ2v) is 10.5. The molecule has 0 saturated carbocycles. The maximum atomic E-state index is 4.98. The highest BCUT2D eigenvalue weighted by Gasteiger charge is 2.38. The molecule has 0 atom stereocenters. The first-order valence-electron chi connectivity index (χ1n) is 12.9. The minimum absolute atomic E-state index is 0.00559. The first-order chi connectivity index (χ1) is 16.6. The zero-order valence-electron chi connectivity index (χ0n) is 22.8. The van der Waals surface area contributed by atoms with Gasteiger partial charge < -0.3 is 0 Å². The molecule has 0 aliphatic heterocycles. The highest BCUT2D eigenvalue weighted by Crippen LogP contribution is 2.51. The van der Waals surface area contributed by atoms with Crippen LogP contribution in [0.2, 0.25) is 0 Å². The molecule has 0 unspecified atom stereocenters. The number of nitrogens with zero attached hydrogens (tertiary/aromatic N) is 3. The van der Waals surface area contributed by atoms with Crippen molar-refractivity contribution in [2.75, 3.05) is 0 Å². The number of benzene rings is 3. The van der Waals surface area contributed by atoms with Crippen LogP contribution in [0.4, 0.5) is 0 Å². The van der Waals surface area contributed by atoms with Gasteiger partial charge in [0, 0.05) is 11.0 Å². The van der Waals surface area contributed by atoms with Crippen LogP contribution < -0.4 is 0 Å². The normalized spacial score (nSPS) is 13.6. The van der Waals surface area contributed by atoms with Crippen molar-refractivity contribution in [1.82, 2.24) is 14.8 Å². The van der Waals surface area contributed by atoms with E-state index in [1.165, 1.54) is 38.9 Å². The molecule has 0 radical (unpaired) electrons. The lowest BCUT2D eigenvalue weighted by atomic mass is 9.75. The molecular formula is C32H39N3. The molecule has 3 heteroatoms. The third kappa shape index (κ3) is 4.01. The van der Waals surface area contributed by atoms with E-state index in [0.717, 1.165) is 23.8 Å². The van der Waals surface area contributed by atoms with Gasteiger partial charge in [0.05, 0.1) is 5.69 Å². The zero-order chi connectivity index (χ0) is 25.5. The second-order valence-electron chi connectivity index (χ2n) is 10.5. The van der Waals surface area contributed by atoms with Crippen molar-refractivity contribution < 1.29 is 0 Å². The molecule has 3 nitrogen and oxygen atoms in total. The quantitative estimate of drug-likeness (QED) is 0.302. The molecule has 0 bridgehead atoms. The van der Waals surface area contributed by atoms with Crippen molar-refractivity contribution in [2.24, 2.45) is 0 Å². The molecule has 3 aromatic carbocycles. The standard InChI is InChI=1S/C30H33N3.C2H6/c1-8-29(4,5)25-18-26-22(21-14-10-11-15-24(21)30(26,6)7)17-23(25)28-31-20(3)32-33(28)27-16-12-9-13-19(27)2;1-2/h9-18H,8H2,1-7H3;1-2H3. The zero-order valence-corrected chi connectivity index (χ0v) is 22.8. The Bertz CT molecular complexity index is 1370. The van der Waals surface area contributed by atoms with Gasteiger partial charge in [-0.15, -0.1) is 0 Å². The number of aromatic nitrogens is 3. The Hall–Kier alpha value is -3.20. The summed E-state index contributed by atoms with van der Waals surface area (Å²) in [5.41, 5.74) is 10.2. The fraction of sp³-hybridized carbons (Fsp3) is 0.375. The smallest absolute Gasteiger partial charge is 0.163 e. The molecule has 0 fully saturated rings. The van der Waals surface area contributed by atoms with Gasteiger partial charge >= 0.3 is 0 Å². The van der Waals surface area contributed by atoms with Crippen molar-refractivity contribution in [3.05, 3.63) is 88.7 Å². The van der Waals surface area contributed by atoms with Crippen molar-refractivity contribution in [3.63, 3.8) is 0 Å². The monoisotopic (exact) mass is 465 g/mol. The third-order valence-corrected chi connectivity index (χ3v) is 7.63. The van der Waals surface area contributed by atoms with Crippen molar-refractivity contribution >= 4 is 0 Å². The maximum absolute atomic E-state index is 4.98. The Labute approximate surface area is 211 Å². The van der Waals surface area contributed by atoms with Gasteiger partial charge in [-0.25, -0.2) is 9.67 Å². The van der Waals surface area contributed by atoms with Gasteiger partial charge in [0.15, 0.2) is 5.82 Å². The molecule has 182 valence electrons. The average molecular weight is 466 g/mol. The van der Waals surface area contributed by atoms with E-state index in [0.29, 0.717) is 0 Å². The second kappa shape index (κ2) is 9.11. The van der Waals surface area contributed by atoms with Crippen LogP contribution in [0.25, 0.3) is 28.2 Å². The van der Waals surface area contributed by atoms with Crippen LogP contribution in [-0.2, 0) is 10.8 Å². The van der Waals surface area contributed by atoms with Gasteiger partial charge in [0.1, 0.15) is 5.82 Å². The molecule has 0 saturated heterocycles. The van der Waals surface area contributed by atoms with Crippen LogP contribution >= 0.6 is 0 Å². The molecule has 35 heavy (non-hydrogen) atoms. The molecule has 1 aliphatic rings. The SMILES string of the molecule is CC.CCC(C)(C)c1cc2c(cc1-c1nc(C)nn1-c1ccccc1C)-c1ccccc1C2(C)C. The Morgan fingerprint density at radius 2 is 1.49 bits per heavy atom. The molecular weight excluding hydrogens is 426 g/mol. The lowest BCUT2D eigenvalue weighted by Gasteiger charge is -2.29. The molecule has 0 amide bonds. The van der Waals surface area contributed by atoms with Gasteiger partial charge in [-0.2, -0.15) is 5.10 Å². The third-order valence-electron chi connectivity index (χ3n) is 7.63. The first kappa shape index (κ1) is 24.9. The van der Waals surface area contributed by atoms with Gasteiger partial charge in [-0.05, 0) is 71.2 Å². The Kier molecular flexibility index (Phi) is 6.48. The fourth-order valence-electron chi connectivity index (χ4n) is 5.24. The number of para-hydroxylation sites is 1. The van der Waals surface area contributed by atoms with Crippen LogP contribution in [0, 0.1) is 13.8 Å². The van der Waals surface area contributed by atoms with Crippen molar-refractivity contribution in [2.45, 2.75) is 79.6 Å². The van der Waals surface area contributed by atoms with Gasteiger partial charge in [-0.1, -0.05) is 97.0 Å². The topological polar surface area (TPSA) is 30.7 Å². The number of hydrogen-bond donors (Lipinski definition) is 0. The summed E-state index contributed by atoms with van der Waals surface area (Å²) >= 11 is 0. The predicted molar refractivity (Wildman–Crippen MR) is 148 cm³/mol. The number of rotatable bonds is 4. The molecule has 1 aliphatic carbocycles. The predicted octanol–water partition coefficient (Wildman–Crippen LogP) is 8.57. The van der Waals surface area contributed by atoms with Crippen LogP contribution in [0.5, 0.6) is 0 Å². The molecule has 4 aromatic rings. The molecule has 1 heterocycles. The summed E-state index contributed by atoms with van der Waals surface area (Å²) in [5, 5.41) is 4.84. The first-order valence-corrected chi connectivity index (χ1v) is 12.9. The van der Waals surface area contributed by atoms with Gasteiger partial charge in [-0.3, -0.25) is 0 Å². The fourth-order valence-corrected chi connectivity index (χ4v) is 5.24. The van der Waals surface area contributed by atoms with E-state index in [9.17, 15) is 0 Å². The number of aryl methyl sites for hydroxylation is 2. The van der Waals surface area contributed by atoms with Crippen LogP contribution in [0.1, 0.15) is 83.0 Å². The van der Waals surface area contributed by atoms with Gasteiger partial charge in [0.2, 0.25) is 0 Å². The number of hydrogen-bond acceptors (Lipinski definition) is 2. The van der Waals surface area contributed by atoms with Crippen molar-refractivity contribution in [3.8, 4) is 28.2 Å². The summed E-state index contributed by atoms with van der Waals surface area (Å²) in [4.78, 5) is 4.98. The molecule has 0 spiro atoms. The Balaban J connectivity index is 0.00000141. The molecule has 0 N–H and O–H groups in total. The highest BCUT2D eigenvalue weighted by atomic mass is 15.3. The van der Waals surface area contributed by atoms with Crippen LogP contribution in [0.3, 0.4) is 0 Å². The largest absolute Gasteiger partial charge is 0.213 e. The Morgan fingerprint density at radius 3 is 2.17 bits per heavy atom. The summed E-state index contributed by atoms with van der Waals surface area (Å²) in [6.45, 7) is 19.8. The molecule has 1 aromatic heterocycles. The van der Waals surface area contributed by atoms with E-state index in [1.807, 2.05) is 25.5 Å². The van der Waals surface area contributed by atoms with Crippen molar-refractivity contribution in [1.29, 1.82) is 0 Å². The average Bonchev–Trinajstić information content (AvgIpc) is 3.35. The van der Waals surface area contributed by atoms with E-state index in [1.54, 1.807) is 0 Å². The van der Waals surface area contributed by atoms with E-state index < -0.39 is 0 Å². The lowest BCUT2D eigenvalue weighted by Crippen LogP contribution is -2.21. The summed E-state index contributed by atoms with van der Waals surface area (Å²) in [6, 6.07) is 22.1. The van der Waals surface area contributed by atoms with Crippen LogP contribution in [0.15, 0.2) is 60.7 Å². The Morgan fingerprint density at radius 1 is 0.829 bits per heavy atom. The van der Waals surface area contributed by atoms with E-state index in [4.69, 9.17) is 10.1 Å². The highest BCUT2D eigenvalue weighted by molar-refractivity contribution is 5.85. The minimum atomic E-state index is -0.0252. The minimum Gasteiger partial charge on any atom is -0.213 e. The summed E-state index contributed by atoms with van der Waals surface area (Å²) in [7, 11) is 0. The lowest BCUT2D eigenvalue weighted by molar-refractivity contribution is 0.505. The number of fused-ring (bicyclic) bond motifs is 3. The van der Waals surface area contributed by atoms with E-state index in [-0.39, 0.29) is 10.8 Å². The van der Waals surface area contributed by atoms with Crippen LogP contribution in [-0.4, -0.2) is 14.8 Å².